The number of rotatable bonds is 2. The summed E-state index contributed by atoms with van der Waals surface area (Å²) in [6, 6.07) is 10.3. The number of hydrogen-bond acceptors (Lipinski definition) is 4. The number of thiophene rings is 1. The van der Waals surface area contributed by atoms with Gasteiger partial charge in [-0.3, -0.25) is 0 Å². The molecule has 2 aromatic carbocycles. The number of allylic oxidation sites excluding steroid dienone is 1. The van der Waals surface area contributed by atoms with E-state index in [4.69, 9.17) is 0 Å². The van der Waals surface area contributed by atoms with Gasteiger partial charge in [-0.2, -0.15) is 29.8 Å². The molecule has 3 nitrogen and oxygen atoms in total. The summed E-state index contributed by atoms with van der Waals surface area (Å²) < 4.78 is 40.8. The van der Waals surface area contributed by atoms with Gasteiger partial charge in [0, 0.05) is 10.9 Å². The van der Waals surface area contributed by atoms with E-state index in [9.17, 15) is 28.6 Å². The highest BCUT2D eigenvalue weighted by Crippen LogP contribution is 2.49. The zero-order valence-electron chi connectivity index (χ0n) is 14.2. The lowest BCUT2D eigenvalue weighted by molar-refractivity contribution is -0.138. The predicted octanol–water partition coefficient (Wildman–Crippen LogP) is 5.56. The van der Waals surface area contributed by atoms with E-state index in [0.29, 0.717) is 27.8 Å². The number of nitrogens with zero attached hydrogens (tertiary/aromatic N) is 1. The minimum absolute atomic E-state index is 0.00524. The van der Waals surface area contributed by atoms with Gasteiger partial charge in [0.15, 0.2) is 0 Å². The summed E-state index contributed by atoms with van der Waals surface area (Å²) in [5, 5.41) is 32.3. The van der Waals surface area contributed by atoms with Crippen LogP contribution >= 0.6 is 11.3 Å². The summed E-state index contributed by atoms with van der Waals surface area (Å²) in [4.78, 5) is 0. The Balaban J connectivity index is 2.03. The van der Waals surface area contributed by atoms with Crippen molar-refractivity contribution in [2.45, 2.75) is 12.6 Å². The molecule has 2 N–H and O–H groups in total. The van der Waals surface area contributed by atoms with Crippen LogP contribution in [0.1, 0.15) is 33.4 Å². The number of hydrogen-bond donors (Lipinski definition) is 2. The highest BCUT2D eigenvalue weighted by atomic mass is 32.1. The molecule has 28 heavy (non-hydrogen) atoms. The number of phenolic OH excluding ortho intramolecular Hbond substituents is 2. The standard InChI is InChI=1S/C21H12F3NO2S/c22-21(23,24)19-6-14(27)5-17-16(19)7-15(11-1-3-13(26)4-2-11)20(17)18-10-28-9-12(18)8-25/h1-6,9-10,26-27H,7H2. The second kappa shape index (κ2) is 6.43. The summed E-state index contributed by atoms with van der Waals surface area (Å²) in [5.41, 5.74) is 2.10. The minimum atomic E-state index is -4.62. The molecule has 0 fully saturated rings. The van der Waals surface area contributed by atoms with Crippen LogP contribution in [-0.2, 0) is 12.6 Å². The third-order valence-electron chi connectivity index (χ3n) is 4.73. The Morgan fingerprint density at radius 1 is 0.964 bits per heavy atom. The largest absolute Gasteiger partial charge is 0.508 e. The molecule has 3 aromatic rings. The number of benzene rings is 2. The normalized spacial score (nSPS) is 13.5. The number of phenols is 2. The van der Waals surface area contributed by atoms with E-state index in [1.54, 1.807) is 22.9 Å². The Hall–Kier alpha value is -3.24. The van der Waals surface area contributed by atoms with Crippen LogP contribution in [-0.4, -0.2) is 10.2 Å². The number of nitriles is 1. The van der Waals surface area contributed by atoms with Crippen LogP contribution in [0.25, 0.3) is 11.1 Å². The van der Waals surface area contributed by atoms with Crippen LogP contribution in [0, 0.1) is 11.3 Å². The first-order chi connectivity index (χ1) is 13.3. The lowest BCUT2D eigenvalue weighted by Gasteiger charge is -2.14. The topological polar surface area (TPSA) is 64.2 Å². The van der Waals surface area contributed by atoms with Gasteiger partial charge in [0.05, 0.1) is 11.1 Å². The molecule has 1 heterocycles. The van der Waals surface area contributed by atoms with Crippen LogP contribution < -0.4 is 0 Å². The third kappa shape index (κ3) is 2.92. The zero-order valence-corrected chi connectivity index (χ0v) is 15.0. The molecule has 0 unspecified atom stereocenters. The van der Waals surface area contributed by atoms with Crippen molar-refractivity contribution >= 4 is 22.5 Å². The molecule has 140 valence electrons. The van der Waals surface area contributed by atoms with Crippen LogP contribution in [0.15, 0.2) is 47.2 Å². The molecule has 0 bridgehead atoms. The summed E-state index contributed by atoms with van der Waals surface area (Å²) >= 11 is 1.28. The van der Waals surface area contributed by atoms with Crippen molar-refractivity contribution in [3.05, 3.63) is 80.5 Å². The summed E-state index contributed by atoms with van der Waals surface area (Å²) in [7, 11) is 0. The van der Waals surface area contributed by atoms with Crippen molar-refractivity contribution in [2.24, 2.45) is 0 Å². The van der Waals surface area contributed by atoms with Crippen LogP contribution in [0.2, 0.25) is 0 Å². The molecule has 0 saturated carbocycles. The number of halogens is 3. The van der Waals surface area contributed by atoms with E-state index in [2.05, 4.69) is 6.07 Å². The van der Waals surface area contributed by atoms with Crippen molar-refractivity contribution in [2.75, 3.05) is 0 Å². The molecule has 4 rings (SSSR count). The summed E-state index contributed by atoms with van der Waals surface area (Å²) in [6.45, 7) is 0. The molecule has 0 atom stereocenters. The quantitative estimate of drug-likeness (QED) is 0.593. The fourth-order valence-corrected chi connectivity index (χ4v) is 4.31. The fourth-order valence-electron chi connectivity index (χ4n) is 3.54. The first-order valence-electron chi connectivity index (χ1n) is 8.22. The highest BCUT2D eigenvalue weighted by molar-refractivity contribution is 7.08. The predicted molar refractivity (Wildman–Crippen MR) is 99.9 cm³/mol. The van der Waals surface area contributed by atoms with Gasteiger partial charge >= 0.3 is 6.18 Å². The molecule has 1 aromatic heterocycles. The molecule has 0 amide bonds. The lowest BCUT2D eigenvalue weighted by atomic mass is 9.93. The monoisotopic (exact) mass is 399 g/mol. The van der Waals surface area contributed by atoms with Crippen molar-refractivity contribution < 1.29 is 23.4 Å². The highest BCUT2D eigenvalue weighted by Gasteiger charge is 2.38. The lowest BCUT2D eigenvalue weighted by Crippen LogP contribution is -2.09. The van der Waals surface area contributed by atoms with Gasteiger partial charge in [-0.25, -0.2) is 0 Å². The Kier molecular flexibility index (Phi) is 4.16. The summed E-state index contributed by atoms with van der Waals surface area (Å²) in [6.07, 6.45) is -4.61. The molecular weight excluding hydrogens is 387 g/mol. The van der Waals surface area contributed by atoms with E-state index in [1.807, 2.05) is 0 Å². The average molecular weight is 399 g/mol. The van der Waals surface area contributed by atoms with E-state index in [-0.39, 0.29) is 23.3 Å². The Morgan fingerprint density at radius 2 is 1.68 bits per heavy atom. The first kappa shape index (κ1) is 18.1. The maximum atomic E-state index is 13.6. The molecule has 1 aliphatic rings. The Morgan fingerprint density at radius 3 is 2.32 bits per heavy atom. The average Bonchev–Trinajstić information content (AvgIpc) is 3.24. The smallest absolute Gasteiger partial charge is 0.416 e. The van der Waals surface area contributed by atoms with Crippen LogP contribution in [0.5, 0.6) is 11.5 Å². The first-order valence-corrected chi connectivity index (χ1v) is 9.16. The van der Waals surface area contributed by atoms with Crippen molar-refractivity contribution in [1.82, 2.24) is 0 Å². The summed E-state index contributed by atoms with van der Waals surface area (Å²) in [5.74, 6) is -0.437. The fraction of sp³-hybridized carbons (Fsp3) is 0.0952. The number of fused-ring (bicyclic) bond motifs is 1. The molecular formula is C21H12F3NO2S. The molecule has 0 radical (unpaired) electrons. The number of aromatic hydroxyl groups is 2. The van der Waals surface area contributed by atoms with Crippen LogP contribution in [0.4, 0.5) is 13.2 Å². The van der Waals surface area contributed by atoms with Crippen molar-refractivity contribution in [1.29, 1.82) is 5.26 Å². The van der Waals surface area contributed by atoms with Gasteiger partial charge in [0.2, 0.25) is 0 Å². The van der Waals surface area contributed by atoms with Gasteiger partial charge in [-0.1, -0.05) is 12.1 Å². The van der Waals surface area contributed by atoms with E-state index >= 15 is 0 Å². The van der Waals surface area contributed by atoms with Gasteiger partial charge in [-0.15, -0.1) is 0 Å². The van der Waals surface area contributed by atoms with E-state index < -0.39 is 17.5 Å². The third-order valence-corrected chi connectivity index (χ3v) is 5.48. The maximum absolute atomic E-state index is 13.6. The maximum Gasteiger partial charge on any atom is 0.416 e. The second-order valence-corrected chi connectivity index (χ2v) is 7.15. The number of alkyl halides is 3. The molecule has 7 heteroatoms. The van der Waals surface area contributed by atoms with Crippen molar-refractivity contribution in [3.8, 4) is 17.6 Å². The Labute approximate surface area is 162 Å². The molecule has 0 aliphatic heterocycles. The second-order valence-electron chi connectivity index (χ2n) is 6.41. The van der Waals surface area contributed by atoms with Gasteiger partial charge < -0.3 is 10.2 Å². The SMILES string of the molecule is N#Cc1cscc1C1=C(c2ccc(O)cc2)Cc2c1cc(O)cc2C(F)(F)F. The Bertz CT molecular complexity index is 1150. The van der Waals surface area contributed by atoms with Gasteiger partial charge in [0.1, 0.15) is 17.6 Å². The van der Waals surface area contributed by atoms with E-state index in [1.165, 1.54) is 29.5 Å². The van der Waals surface area contributed by atoms with Crippen molar-refractivity contribution in [3.63, 3.8) is 0 Å². The zero-order chi connectivity index (χ0) is 20.1. The van der Waals surface area contributed by atoms with E-state index in [0.717, 1.165) is 6.07 Å². The molecule has 0 spiro atoms. The van der Waals surface area contributed by atoms with Gasteiger partial charge in [0.25, 0.3) is 0 Å². The molecule has 1 aliphatic carbocycles. The van der Waals surface area contributed by atoms with Gasteiger partial charge in [-0.05, 0) is 63.9 Å². The molecule has 0 saturated heterocycles. The van der Waals surface area contributed by atoms with Crippen LogP contribution in [0.3, 0.4) is 0 Å². The minimum Gasteiger partial charge on any atom is -0.508 e.